The lowest BCUT2D eigenvalue weighted by molar-refractivity contribution is -0.127. The predicted molar refractivity (Wildman–Crippen MR) is 75.1 cm³/mol. The van der Waals surface area contributed by atoms with E-state index in [0.717, 1.165) is 5.56 Å². The van der Waals surface area contributed by atoms with Gasteiger partial charge in [-0.1, -0.05) is 19.1 Å². The van der Waals surface area contributed by atoms with Gasteiger partial charge in [0, 0.05) is 13.2 Å². The molecule has 0 saturated heterocycles. The van der Waals surface area contributed by atoms with Gasteiger partial charge in [-0.3, -0.25) is 4.79 Å². The molecule has 2 atom stereocenters. The Hall–Kier alpha value is -1.55. The van der Waals surface area contributed by atoms with Crippen molar-refractivity contribution in [1.82, 2.24) is 5.32 Å². The number of hydrogen-bond acceptors (Lipinski definition) is 3. The maximum Gasteiger partial charge on any atom is 0.260 e. The summed E-state index contributed by atoms with van der Waals surface area (Å²) in [6.07, 6.45) is 0.163. The quantitative estimate of drug-likeness (QED) is 0.791. The molecule has 4 heteroatoms. The van der Waals surface area contributed by atoms with Crippen LogP contribution in [0.15, 0.2) is 24.3 Å². The monoisotopic (exact) mass is 265 g/mol. The number of nitrogens with one attached hydrogen (secondary N) is 1. The van der Waals surface area contributed by atoms with Crippen LogP contribution in [-0.2, 0) is 4.79 Å². The number of rotatable bonds is 7. The predicted octanol–water partition coefficient (Wildman–Crippen LogP) is 1.90. The van der Waals surface area contributed by atoms with Crippen molar-refractivity contribution in [2.75, 3.05) is 13.2 Å². The van der Waals surface area contributed by atoms with Crippen LogP contribution < -0.4 is 10.1 Å². The topological polar surface area (TPSA) is 58.6 Å². The van der Waals surface area contributed by atoms with Crippen molar-refractivity contribution < 1.29 is 14.6 Å². The Balaban J connectivity index is 2.40. The summed E-state index contributed by atoms with van der Waals surface area (Å²) in [6.45, 7) is 6.40. The SMILES string of the molecule is Cc1cccc(OC(C)C(=O)NCC(C)CCO)c1. The summed E-state index contributed by atoms with van der Waals surface area (Å²) >= 11 is 0. The van der Waals surface area contributed by atoms with Gasteiger partial charge < -0.3 is 15.2 Å². The number of carbonyl (C=O) groups excluding carboxylic acids is 1. The number of ether oxygens (including phenoxy) is 1. The molecule has 1 amide bonds. The van der Waals surface area contributed by atoms with Crippen LogP contribution in [0.2, 0.25) is 0 Å². The lowest BCUT2D eigenvalue weighted by Gasteiger charge is -2.17. The van der Waals surface area contributed by atoms with Crippen molar-refractivity contribution in [1.29, 1.82) is 0 Å². The molecular weight excluding hydrogens is 242 g/mol. The molecule has 0 aliphatic rings. The zero-order valence-electron chi connectivity index (χ0n) is 11.8. The molecule has 0 bridgehead atoms. The Labute approximate surface area is 114 Å². The lowest BCUT2D eigenvalue weighted by atomic mass is 10.1. The molecule has 1 rings (SSSR count). The summed E-state index contributed by atoms with van der Waals surface area (Å²) in [5.74, 6) is 0.831. The average molecular weight is 265 g/mol. The molecule has 19 heavy (non-hydrogen) atoms. The summed E-state index contributed by atoms with van der Waals surface area (Å²) in [5.41, 5.74) is 1.10. The van der Waals surface area contributed by atoms with E-state index in [4.69, 9.17) is 9.84 Å². The molecule has 0 radical (unpaired) electrons. The van der Waals surface area contributed by atoms with Gasteiger partial charge in [0.1, 0.15) is 5.75 Å². The molecule has 2 N–H and O–H groups in total. The van der Waals surface area contributed by atoms with Gasteiger partial charge in [-0.05, 0) is 43.9 Å². The van der Waals surface area contributed by atoms with Crippen LogP contribution in [0.4, 0.5) is 0 Å². The second-order valence-electron chi connectivity index (χ2n) is 4.94. The van der Waals surface area contributed by atoms with E-state index in [-0.39, 0.29) is 18.4 Å². The molecule has 0 aliphatic carbocycles. The van der Waals surface area contributed by atoms with E-state index in [2.05, 4.69) is 5.32 Å². The van der Waals surface area contributed by atoms with E-state index in [1.54, 1.807) is 6.92 Å². The largest absolute Gasteiger partial charge is 0.481 e. The Kier molecular flexibility index (Phi) is 6.36. The van der Waals surface area contributed by atoms with Gasteiger partial charge in [-0.25, -0.2) is 0 Å². The minimum absolute atomic E-state index is 0.133. The van der Waals surface area contributed by atoms with Gasteiger partial charge in [0.25, 0.3) is 5.91 Å². The zero-order valence-corrected chi connectivity index (χ0v) is 11.8. The maximum absolute atomic E-state index is 11.8. The highest BCUT2D eigenvalue weighted by Gasteiger charge is 2.15. The first-order valence-corrected chi connectivity index (χ1v) is 6.64. The minimum Gasteiger partial charge on any atom is -0.481 e. The molecule has 1 aromatic rings. The maximum atomic E-state index is 11.8. The third-order valence-corrected chi connectivity index (χ3v) is 2.92. The lowest BCUT2D eigenvalue weighted by Crippen LogP contribution is -2.38. The average Bonchev–Trinajstić information content (AvgIpc) is 2.36. The molecular formula is C15H23NO3. The number of carbonyl (C=O) groups is 1. The van der Waals surface area contributed by atoms with Crippen molar-refractivity contribution in [3.63, 3.8) is 0 Å². The first-order chi connectivity index (χ1) is 9.02. The fourth-order valence-corrected chi connectivity index (χ4v) is 1.69. The first-order valence-electron chi connectivity index (χ1n) is 6.64. The Morgan fingerprint density at radius 1 is 1.42 bits per heavy atom. The van der Waals surface area contributed by atoms with Crippen LogP contribution in [0.1, 0.15) is 25.8 Å². The first kappa shape index (κ1) is 15.5. The van der Waals surface area contributed by atoms with Crippen molar-refractivity contribution >= 4 is 5.91 Å². The van der Waals surface area contributed by atoms with Crippen LogP contribution >= 0.6 is 0 Å². The number of aliphatic hydroxyl groups excluding tert-OH is 1. The fourth-order valence-electron chi connectivity index (χ4n) is 1.69. The molecule has 0 spiro atoms. The van der Waals surface area contributed by atoms with Crippen molar-refractivity contribution in [3.8, 4) is 5.75 Å². The van der Waals surface area contributed by atoms with Crippen molar-refractivity contribution in [2.24, 2.45) is 5.92 Å². The van der Waals surface area contributed by atoms with Gasteiger partial charge in [0.05, 0.1) is 0 Å². The summed E-state index contributed by atoms with van der Waals surface area (Å²) in [4.78, 5) is 11.8. The summed E-state index contributed by atoms with van der Waals surface area (Å²) < 4.78 is 5.59. The van der Waals surface area contributed by atoms with Crippen LogP contribution in [0.25, 0.3) is 0 Å². The Morgan fingerprint density at radius 3 is 2.79 bits per heavy atom. The highest BCUT2D eigenvalue weighted by Crippen LogP contribution is 2.14. The normalized spacial score (nSPS) is 13.7. The van der Waals surface area contributed by atoms with Gasteiger partial charge in [0.2, 0.25) is 0 Å². The van der Waals surface area contributed by atoms with E-state index in [1.807, 2.05) is 38.1 Å². The van der Waals surface area contributed by atoms with Crippen molar-refractivity contribution in [2.45, 2.75) is 33.3 Å². The van der Waals surface area contributed by atoms with Crippen LogP contribution in [0, 0.1) is 12.8 Å². The molecule has 0 aliphatic heterocycles. The number of aliphatic hydroxyl groups is 1. The summed E-state index contributed by atoms with van der Waals surface area (Å²) in [5, 5.41) is 11.6. The van der Waals surface area contributed by atoms with Gasteiger partial charge in [0.15, 0.2) is 6.10 Å². The fraction of sp³-hybridized carbons (Fsp3) is 0.533. The van der Waals surface area contributed by atoms with Crippen LogP contribution in [-0.4, -0.2) is 30.3 Å². The van der Waals surface area contributed by atoms with Gasteiger partial charge in [-0.15, -0.1) is 0 Å². The smallest absolute Gasteiger partial charge is 0.260 e. The molecule has 1 aromatic carbocycles. The van der Waals surface area contributed by atoms with E-state index in [9.17, 15) is 4.79 Å². The zero-order chi connectivity index (χ0) is 14.3. The number of benzene rings is 1. The highest BCUT2D eigenvalue weighted by atomic mass is 16.5. The Bertz CT molecular complexity index is 406. The standard InChI is InChI=1S/C15H23NO3/c1-11-5-4-6-14(9-11)19-13(3)15(18)16-10-12(2)7-8-17/h4-6,9,12-13,17H,7-8,10H2,1-3H3,(H,16,18). The number of hydrogen-bond donors (Lipinski definition) is 2. The van der Waals surface area contributed by atoms with E-state index in [0.29, 0.717) is 18.7 Å². The molecule has 0 saturated carbocycles. The van der Waals surface area contributed by atoms with E-state index in [1.165, 1.54) is 0 Å². The molecule has 0 heterocycles. The molecule has 2 unspecified atom stereocenters. The van der Waals surface area contributed by atoms with Crippen LogP contribution in [0.3, 0.4) is 0 Å². The van der Waals surface area contributed by atoms with E-state index < -0.39 is 6.10 Å². The van der Waals surface area contributed by atoms with E-state index >= 15 is 0 Å². The Morgan fingerprint density at radius 2 is 2.16 bits per heavy atom. The molecule has 106 valence electrons. The second-order valence-corrected chi connectivity index (χ2v) is 4.94. The molecule has 0 aromatic heterocycles. The minimum atomic E-state index is -0.525. The van der Waals surface area contributed by atoms with Crippen LogP contribution in [0.5, 0.6) is 5.75 Å². The molecule has 0 fully saturated rings. The molecule has 4 nitrogen and oxygen atoms in total. The summed E-state index contributed by atoms with van der Waals surface area (Å²) in [6, 6.07) is 7.62. The summed E-state index contributed by atoms with van der Waals surface area (Å²) in [7, 11) is 0. The van der Waals surface area contributed by atoms with Gasteiger partial charge >= 0.3 is 0 Å². The van der Waals surface area contributed by atoms with Gasteiger partial charge in [-0.2, -0.15) is 0 Å². The highest BCUT2D eigenvalue weighted by molar-refractivity contribution is 5.80. The second kappa shape index (κ2) is 7.79. The third kappa shape index (κ3) is 5.75. The third-order valence-electron chi connectivity index (χ3n) is 2.92. The van der Waals surface area contributed by atoms with Crippen molar-refractivity contribution in [3.05, 3.63) is 29.8 Å². The number of amides is 1. The number of aryl methyl sites for hydroxylation is 1.